The van der Waals surface area contributed by atoms with Gasteiger partial charge in [0.05, 0.1) is 13.1 Å². The number of hydrogen-bond acceptors (Lipinski definition) is 9. The van der Waals surface area contributed by atoms with Crippen molar-refractivity contribution in [1.82, 2.24) is 21.3 Å². The predicted octanol–water partition coefficient (Wildman–Crippen LogP) is 1.83. The van der Waals surface area contributed by atoms with Gasteiger partial charge in [-0.25, -0.2) is 0 Å². The van der Waals surface area contributed by atoms with Gasteiger partial charge >= 0.3 is 0 Å². The van der Waals surface area contributed by atoms with Crippen LogP contribution in [0.3, 0.4) is 0 Å². The van der Waals surface area contributed by atoms with Gasteiger partial charge in [-0.3, -0.25) is 20.2 Å². The minimum atomic E-state index is -1.25. The highest BCUT2D eigenvalue weighted by molar-refractivity contribution is 5.81. The van der Waals surface area contributed by atoms with Crippen molar-refractivity contribution in [2.75, 3.05) is 13.1 Å². The maximum Gasteiger partial charge on any atom is 0.250 e. The lowest BCUT2D eigenvalue weighted by atomic mass is 9.99. The normalized spacial score (nSPS) is 16.6. The Morgan fingerprint density at radius 2 is 1.05 bits per heavy atom. The Balaban J connectivity index is 0.000000440. The van der Waals surface area contributed by atoms with Crippen molar-refractivity contribution in [3.63, 3.8) is 0 Å². The molecule has 0 spiro atoms. The van der Waals surface area contributed by atoms with E-state index >= 15 is 0 Å². The van der Waals surface area contributed by atoms with E-state index in [1.807, 2.05) is 95.3 Å². The van der Waals surface area contributed by atoms with Crippen LogP contribution in [0.25, 0.3) is 0 Å². The van der Waals surface area contributed by atoms with Crippen molar-refractivity contribution >= 4 is 11.8 Å². The number of carbonyl (C=O) groups is 2. The predicted molar refractivity (Wildman–Crippen MR) is 173 cm³/mol. The molecule has 0 radical (unpaired) electrons. The summed E-state index contributed by atoms with van der Waals surface area (Å²) in [5.41, 5.74) is 7.80. The molecule has 0 fully saturated rings. The first-order valence-corrected chi connectivity index (χ1v) is 15.6. The van der Waals surface area contributed by atoms with E-state index in [-0.39, 0.29) is 31.1 Å². The first-order valence-electron chi connectivity index (χ1n) is 15.6. The maximum absolute atomic E-state index is 11.8. The Labute approximate surface area is 262 Å². The van der Waals surface area contributed by atoms with E-state index in [2.05, 4.69) is 21.3 Å². The highest BCUT2D eigenvalue weighted by atomic mass is 16.3. The molecule has 0 aliphatic rings. The van der Waals surface area contributed by atoms with Crippen LogP contribution in [-0.2, 0) is 9.59 Å². The highest BCUT2D eigenvalue weighted by Crippen LogP contribution is 2.13. The van der Waals surface area contributed by atoms with Crippen LogP contribution < -0.4 is 27.0 Å². The number of carbonyl (C=O) groups excluding carboxylic acids is 2. The van der Waals surface area contributed by atoms with Gasteiger partial charge in [0.25, 0.3) is 5.91 Å². The molecule has 0 aliphatic heterocycles. The van der Waals surface area contributed by atoms with Crippen LogP contribution in [0, 0.1) is 5.92 Å². The minimum absolute atomic E-state index is 0.00586. The SMILES string of the molecule is CCCC(C)C(O)C(=O)NCC(O)NC(C)c1ccccc1.CCCC(N)C(O)C(=O)NCC(O)NC(C)c1ccccc1. The summed E-state index contributed by atoms with van der Waals surface area (Å²) >= 11 is 0. The summed E-state index contributed by atoms with van der Waals surface area (Å²) in [5, 5.41) is 50.5. The van der Waals surface area contributed by atoms with Crippen LogP contribution >= 0.6 is 0 Å². The second-order valence-corrected chi connectivity index (χ2v) is 11.2. The zero-order valence-corrected chi connectivity index (χ0v) is 26.8. The van der Waals surface area contributed by atoms with Crippen LogP contribution in [0.2, 0.25) is 0 Å². The van der Waals surface area contributed by atoms with Gasteiger partial charge in [0, 0.05) is 18.1 Å². The molecule has 0 aliphatic carbocycles. The molecule has 0 bridgehead atoms. The lowest BCUT2D eigenvalue weighted by molar-refractivity contribution is -0.132. The fraction of sp³-hybridized carbons (Fsp3) is 0.576. The van der Waals surface area contributed by atoms with Gasteiger partial charge in [-0.05, 0) is 43.7 Å². The molecular weight excluding hydrogens is 562 g/mol. The maximum atomic E-state index is 11.8. The smallest absolute Gasteiger partial charge is 0.250 e. The molecule has 0 saturated carbocycles. The first-order chi connectivity index (χ1) is 20.9. The Kier molecular flexibility index (Phi) is 19.3. The van der Waals surface area contributed by atoms with E-state index in [0.29, 0.717) is 6.42 Å². The molecule has 0 saturated heterocycles. The molecule has 2 aromatic rings. The molecular formula is C33H55N5O6. The molecule has 44 heavy (non-hydrogen) atoms. The van der Waals surface area contributed by atoms with Crippen LogP contribution in [0.1, 0.15) is 83.5 Å². The van der Waals surface area contributed by atoms with Crippen LogP contribution in [0.4, 0.5) is 0 Å². The number of nitrogens with two attached hydrogens (primary N) is 1. The van der Waals surface area contributed by atoms with Gasteiger partial charge in [0.1, 0.15) is 24.7 Å². The Morgan fingerprint density at radius 3 is 1.43 bits per heavy atom. The zero-order chi connectivity index (χ0) is 33.1. The molecule has 248 valence electrons. The van der Waals surface area contributed by atoms with Crippen LogP contribution in [-0.4, -0.2) is 76.0 Å². The number of aliphatic hydroxyl groups excluding tert-OH is 4. The Morgan fingerprint density at radius 1 is 0.659 bits per heavy atom. The Hall–Kier alpha value is -2.90. The van der Waals surface area contributed by atoms with E-state index in [1.165, 1.54) is 0 Å². The van der Waals surface area contributed by atoms with Gasteiger partial charge in [-0.2, -0.15) is 0 Å². The van der Waals surface area contributed by atoms with Crippen molar-refractivity contribution in [3.8, 4) is 0 Å². The molecule has 10 N–H and O–H groups in total. The second-order valence-electron chi connectivity index (χ2n) is 11.2. The molecule has 2 amide bonds. The van der Waals surface area contributed by atoms with Crippen molar-refractivity contribution in [1.29, 1.82) is 0 Å². The lowest BCUT2D eigenvalue weighted by Gasteiger charge is -2.22. The molecule has 8 atom stereocenters. The third-order valence-electron chi connectivity index (χ3n) is 7.27. The fourth-order valence-electron chi connectivity index (χ4n) is 4.53. The van der Waals surface area contributed by atoms with Crippen LogP contribution in [0.15, 0.2) is 60.7 Å². The summed E-state index contributed by atoms with van der Waals surface area (Å²) in [6.07, 6.45) is -0.978. The van der Waals surface area contributed by atoms with E-state index in [4.69, 9.17) is 5.73 Å². The van der Waals surface area contributed by atoms with E-state index in [0.717, 1.165) is 30.4 Å². The second kappa shape index (κ2) is 21.7. The lowest BCUT2D eigenvalue weighted by Crippen LogP contribution is -2.49. The van der Waals surface area contributed by atoms with E-state index in [9.17, 15) is 30.0 Å². The summed E-state index contributed by atoms with van der Waals surface area (Å²) in [4.78, 5) is 23.6. The average molecular weight is 618 g/mol. The topological polar surface area (TPSA) is 189 Å². The standard InChI is InChI=1S/C17H28N2O3.C16H27N3O3/c1-4-8-12(2)16(21)17(22)18-11-15(20)19-13(3)14-9-6-5-7-10-14;1-3-7-13(17)15(21)16(22)18-10-14(20)19-11(2)12-8-5-4-6-9-12/h5-7,9-10,12-13,15-16,19-21H,4,8,11H2,1-3H3,(H,18,22);4-6,8-9,11,13-15,19-21H,3,7,10,17H2,1-2H3,(H,18,22). The third-order valence-corrected chi connectivity index (χ3v) is 7.27. The van der Waals surface area contributed by atoms with Crippen molar-refractivity contribution in [2.45, 2.75) is 103 Å². The molecule has 2 rings (SSSR count). The summed E-state index contributed by atoms with van der Waals surface area (Å²) < 4.78 is 0. The minimum Gasteiger partial charge on any atom is -0.383 e. The van der Waals surface area contributed by atoms with Gasteiger partial charge in [-0.15, -0.1) is 0 Å². The number of benzene rings is 2. The fourth-order valence-corrected chi connectivity index (χ4v) is 4.53. The van der Waals surface area contributed by atoms with Crippen LogP contribution in [0.5, 0.6) is 0 Å². The van der Waals surface area contributed by atoms with Gasteiger partial charge in [-0.1, -0.05) is 94.3 Å². The Bertz CT molecular complexity index is 964. The van der Waals surface area contributed by atoms with Gasteiger partial charge in [0.2, 0.25) is 5.91 Å². The van der Waals surface area contributed by atoms with Gasteiger partial charge in [0.15, 0.2) is 0 Å². The first kappa shape index (κ1) is 39.1. The number of aliphatic hydroxyl groups is 4. The monoisotopic (exact) mass is 617 g/mol. The third kappa shape index (κ3) is 15.2. The molecule has 0 heterocycles. The number of rotatable bonds is 18. The molecule has 11 nitrogen and oxygen atoms in total. The van der Waals surface area contributed by atoms with Crippen molar-refractivity contribution < 1.29 is 30.0 Å². The van der Waals surface area contributed by atoms with Crippen molar-refractivity contribution in [2.24, 2.45) is 11.7 Å². The zero-order valence-electron chi connectivity index (χ0n) is 26.8. The van der Waals surface area contributed by atoms with Gasteiger partial charge < -0.3 is 36.8 Å². The number of amides is 2. The van der Waals surface area contributed by atoms with E-state index < -0.39 is 42.5 Å². The molecule has 11 heteroatoms. The average Bonchev–Trinajstić information content (AvgIpc) is 3.03. The molecule has 0 aromatic heterocycles. The van der Waals surface area contributed by atoms with Crippen molar-refractivity contribution in [3.05, 3.63) is 71.8 Å². The highest BCUT2D eigenvalue weighted by Gasteiger charge is 2.23. The molecule has 8 unspecified atom stereocenters. The number of nitrogens with one attached hydrogen (secondary N) is 4. The largest absolute Gasteiger partial charge is 0.383 e. The summed E-state index contributed by atoms with van der Waals surface area (Å²) in [6, 6.07) is 18.8. The quantitative estimate of drug-likeness (QED) is 0.112. The number of hydrogen-bond donors (Lipinski definition) is 9. The summed E-state index contributed by atoms with van der Waals surface area (Å²) in [7, 11) is 0. The summed E-state index contributed by atoms with van der Waals surface area (Å²) in [5.74, 6) is -1.08. The molecule has 2 aromatic carbocycles. The summed E-state index contributed by atoms with van der Waals surface area (Å²) in [6.45, 7) is 9.73. The van der Waals surface area contributed by atoms with E-state index in [1.54, 1.807) is 0 Å².